The van der Waals surface area contributed by atoms with E-state index in [1.54, 1.807) is 0 Å². The molecule has 3 heteroatoms. The molecule has 1 aromatic rings. The number of rotatable bonds is 3. The second-order valence-electron chi connectivity index (χ2n) is 4.25. The van der Waals surface area contributed by atoms with E-state index in [9.17, 15) is 4.79 Å². The van der Waals surface area contributed by atoms with Crippen LogP contribution >= 0.6 is 0 Å². The van der Waals surface area contributed by atoms with Crippen LogP contribution in [0.15, 0.2) is 24.3 Å². The van der Waals surface area contributed by atoms with E-state index in [1.165, 1.54) is 12.5 Å². The molecule has 80 valence electrons. The highest BCUT2D eigenvalue weighted by Gasteiger charge is 2.42. The molecular formula is C12H16N2O. The van der Waals surface area contributed by atoms with Gasteiger partial charge in [0.25, 0.3) is 0 Å². The zero-order valence-electron chi connectivity index (χ0n) is 8.92. The number of nitrogens with one attached hydrogen (secondary N) is 1. The summed E-state index contributed by atoms with van der Waals surface area (Å²) in [5.41, 5.74) is 8.06. The highest BCUT2D eigenvalue weighted by atomic mass is 16.1. The first-order valence-electron chi connectivity index (χ1n) is 5.24. The van der Waals surface area contributed by atoms with Crippen LogP contribution in [0.4, 0.5) is 5.69 Å². The Morgan fingerprint density at radius 2 is 2.27 bits per heavy atom. The van der Waals surface area contributed by atoms with Crippen molar-refractivity contribution in [2.75, 3.05) is 11.9 Å². The zero-order valence-corrected chi connectivity index (χ0v) is 8.92. The largest absolute Gasteiger partial charge is 0.330 e. The molecule has 0 atom stereocenters. The molecule has 0 radical (unpaired) electrons. The lowest BCUT2D eigenvalue weighted by Gasteiger charge is -2.14. The summed E-state index contributed by atoms with van der Waals surface area (Å²) in [4.78, 5) is 10.9. The molecule has 0 heterocycles. The third-order valence-electron chi connectivity index (χ3n) is 3.04. The minimum atomic E-state index is -0.0373. The first-order valence-corrected chi connectivity index (χ1v) is 5.24. The highest BCUT2D eigenvalue weighted by Crippen LogP contribution is 2.47. The van der Waals surface area contributed by atoms with E-state index in [-0.39, 0.29) is 11.3 Å². The molecule has 0 unspecified atom stereocenters. The lowest BCUT2D eigenvalue weighted by atomic mass is 9.96. The first kappa shape index (κ1) is 10.2. The lowest BCUT2D eigenvalue weighted by Crippen LogP contribution is -2.19. The summed E-state index contributed by atoms with van der Waals surface area (Å²) in [6, 6.07) is 7.99. The Labute approximate surface area is 89.7 Å². The van der Waals surface area contributed by atoms with Gasteiger partial charge >= 0.3 is 0 Å². The van der Waals surface area contributed by atoms with Gasteiger partial charge in [0.15, 0.2) is 0 Å². The molecule has 1 aromatic carbocycles. The summed E-state index contributed by atoms with van der Waals surface area (Å²) < 4.78 is 0. The van der Waals surface area contributed by atoms with E-state index in [0.717, 1.165) is 18.5 Å². The monoisotopic (exact) mass is 204 g/mol. The maximum atomic E-state index is 10.9. The average Bonchev–Trinajstić information content (AvgIpc) is 2.97. The minimum absolute atomic E-state index is 0.0373. The molecule has 0 bridgehead atoms. The van der Waals surface area contributed by atoms with E-state index in [1.807, 2.05) is 18.2 Å². The molecule has 0 spiro atoms. The quantitative estimate of drug-likeness (QED) is 0.786. The SMILES string of the molecule is CC(=O)Nc1cccc(C2(CN)CC2)c1. The molecule has 1 aliphatic rings. The van der Waals surface area contributed by atoms with Crippen molar-refractivity contribution < 1.29 is 4.79 Å². The molecular weight excluding hydrogens is 188 g/mol. The number of nitrogens with two attached hydrogens (primary N) is 1. The van der Waals surface area contributed by atoms with Gasteiger partial charge in [0.05, 0.1) is 0 Å². The van der Waals surface area contributed by atoms with Crippen molar-refractivity contribution >= 4 is 11.6 Å². The average molecular weight is 204 g/mol. The molecule has 1 saturated carbocycles. The van der Waals surface area contributed by atoms with E-state index >= 15 is 0 Å². The van der Waals surface area contributed by atoms with Gasteiger partial charge in [-0.05, 0) is 30.5 Å². The van der Waals surface area contributed by atoms with Crippen LogP contribution in [0.1, 0.15) is 25.3 Å². The Hall–Kier alpha value is -1.35. The van der Waals surface area contributed by atoms with Crippen molar-refractivity contribution in [2.45, 2.75) is 25.2 Å². The van der Waals surface area contributed by atoms with Crippen molar-refractivity contribution in [2.24, 2.45) is 5.73 Å². The van der Waals surface area contributed by atoms with Gasteiger partial charge in [-0.3, -0.25) is 4.79 Å². The van der Waals surface area contributed by atoms with Crippen molar-refractivity contribution in [3.8, 4) is 0 Å². The van der Waals surface area contributed by atoms with Gasteiger partial charge in [0.1, 0.15) is 0 Å². The van der Waals surface area contributed by atoms with Crippen LogP contribution in [0.25, 0.3) is 0 Å². The topological polar surface area (TPSA) is 55.1 Å². The summed E-state index contributed by atoms with van der Waals surface area (Å²) >= 11 is 0. The molecule has 0 aliphatic heterocycles. The van der Waals surface area contributed by atoms with Gasteiger partial charge in [-0.2, -0.15) is 0 Å². The number of carbonyl (C=O) groups excluding carboxylic acids is 1. The van der Waals surface area contributed by atoms with E-state index in [4.69, 9.17) is 5.73 Å². The van der Waals surface area contributed by atoms with Gasteiger partial charge in [-0.1, -0.05) is 12.1 Å². The van der Waals surface area contributed by atoms with E-state index < -0.39 is 0 Å². The van der Waals surface area contributed by atoms with Crippen molar-refractivity contribution in [1.82, 2.24) is 0 Å². The molecule has 0 aromatic heterocycles. The second kappa shape index (κ2) is 3.66. The molecule has 3 N–H and O–H groups in total. The Kier molecular flexibility index (Phi) is 2.49. The number of hydrogen-bond donors (Lipinski definition) is 2. The Balaban J connectivity index is 2.23. The Bertz CT molecular complexity index is 383. The van der Waals surface area contributed by atoms with Gasteiger partial charge in [0, 0.05) is 24.6 Å². The summed E-state index contributed by atoms with van der Waals surface area (Å²) in [6.07, 6.45) is 2.32. The second-order valence-corrected chi connectivity index (χ2v) is 4.25. The maximum Gasteiger partial charge on any atom is 0.221 e. The minimum Gasteiger partial charge on any atom is -0.330 e. The zero-order chi connectivity index (χ0) is 10.9. The Morgan fingerprint density at radius 3 is 2.80 bits per heavy atom. The smallest absolute Gasteiger partial charge is 0.221 e. The highest BCUT2D eigenvalue weighted by molar-refractivity contribution is 5.88. The summed E-state index contributed by atoms with van der Waals surface area (Å²) in [5, 5.41) is 2.79. The van der Waals surface area contributed by atoms with Gasteiger partial charge in [0.2, 0.25) is 5.91 Å². The van der Waals surface area contributed by atoms with Crippen LogP contribution in [0.3, 0.4) is 0 Å². The summed E-state index contributed by atoms with van der Waals surface area (Å²) in [7, 11) is 0. The van der Waals surface area contributed by atoms with Crippen molar-refractivity contribution in [3.63, 3.8) is 0 Å². The van der Waals surface area contributed by atoms with Gasteiger partial charge in [-0.25, -0.2) is 0 Å². The molecule has 1 fully saturated rings. The molecule has 15 heavy (non-hydrogen) atoms. The van der Waals surface area contributed by atoms with Crippen LogP contribution in [-0.4, -0.2) is 12.5 Å². The summed E-state index contributed by atoms with van der Waals surface area (Å²) in [5.74, 6) is -0.0373. The van der Waals surface area contributed by atoms with Crippen molar-refractivity contribution in [3.05, 3.63) is 29.8 Å². The number of hydrogen-bond acceptors (Lipinski definition) is 2. The fourth-order valence-electron chi connectivity index (χ4n) is 1.89. The summed E-state index contributed by atoms with van der Waals surface area (Å²) in [6.45, 7) is 2.21. The molecule has 1 aliphatic carbocycles. The Morgan fingerprint density at radius 1 is 1.53 bits per heavy atom. The fraction of sp³-hybridized carbons (Fsp3) is 0.417. The van der Waals surface area contributed by atoms with E-state index in [0.29, 0.717) is 6.54 Å². The first-order chi connectivity index (χ1) is 7.16. The van der Waals surface area contributed by atoms with Crippen molar-refractivity contribution in [1.29, 1.82) is 0 Å². The van der Waals surface area contributed by atoms with Crippen LogP contribution < -0.4 is 11.1 Å². The van der Waals surface area contributed by atoms with E-state index in [2.05, 4.69) is 11.4 Å². The predicted octanol–water partition coefficient (Wildman–Crippen LogP) is 1.64. The molecule has 0 saturated heterocycles. The third-order valence-corrected chi connectivity index (χ3v) is 3.04. The normalized spacial score (nSPS) is 17.2. The van der Waals surface area contributed by atoms with Crippen LogP contribution in [0, 0.1) is 0 Å². The number of carbonyl (C=O) groups is 1. The van der Waals surface area contributed by atoms with Gasteiger partial charge < -0.3 is 11.1 Å². The maximum absolute atomic E-state index is 10.9. The van der Waals surface area contributed by atoms with Crippen LogP contribution in [0.5, 0.6) is 0 Å². The van der Waals surface area contributed by atoms with Gasteiger partial charge in [-0.15, -0.1) is 0 Å². The van der Waals surface area contributed by atoms with Crippen LogP contribution in [-0.2, 0) is 10.2 Å². The molecule has 2 rings (SSSR count). The predicted molar refractivity (Wildman–Crippen MR) is 60.7 cm³/mol. The standard InChI is InChI=1S/C12H16N2O/c1-9(15)14-11-4-2-3-10(7-11)12(8-13)5-6-12/h2-4,7H,5-6,8,13H2,1H3,(H,14,15). The van der Waals surface area contributed by atoms with Crippen LogP contribution in [0.2, 0.25) is 0 Å². The molecule has 3 nitrogen and oxygen atoms in total. The fourth-order valence-corrected chi connectivity index (χ4v) is 1.89. The number of amides is 1. The number of anilines is 1. The number of benzene rings is 1. The third kappa shape index (κ3) is 2.02. The lowest BCUT2D eigenvalue weighted by molar-refractivity contribution is -0.114. The molecule has 1 amide bonds.